The van der Waals surface area contributed by atoms with E-state index >= 15 is 0 Å². The molecule has 0 radical (unpaired) electrons. The Labute approximate surface area is 457 Å². The molecule has 424 valence electrons. The molecule has 0 saturated heterocycles. The quantitative estimate of drug-likeness (QED) is 0.0261. The van der Waals surface area contributed by atoms with Crippen LogP contribution in [0.25, 0.3) is 0 Å². The lowest BCUT2D eigenvalue weighted by atomic mass is 10.0. The van der Waals surface area contributed by atoms with E-state index in [1.54, 1.807) is 0 Å². The van der Waals surface area contributed by atoms with Crippen molar-refractivity contribution in [2.45, 2.75) is 303 Å². The average molecular weight is 1030 g/mol. The Balaban J connectivity index is 4.38. The van der Waals surface area contributed by atoms with E-state index in [1.165, 1.54) is 135 Å². The molecule has 0 aliphatic rings. The number of allylic oxidation sites excluding steroid dienone is 16. The third-order valence-corrected chi connectivity index (χ3v) is 13.3. The smallest absolute Gasteiger partial charge is 0.306 e. The van der Waals surface area contributed by atoms with Gasteiger partial charge in [-0.25, -0.2) is 0 Å². The van der Waals surface area contributed by atoms with Crippen molar-refractivity contribution in [3.05, 3.63) is 97.2 Å². The zero-order valence-electron chi connectivity index (χ0n) is 48.6. The average Bonchev–Trinajstić information content (AvgIpc) is 3.40. The Bertz CT molecular complexity index is 1460. The summed E-state index contributed by atoms with van der Waals surface area (Å²) in [6.07, 6.45) is 82.5. The number of rotatable bonds is 56. The monoisotopic (exact) mass is 1030 g/mol. The van der Waals surface area contributed by atoms with E-state index in [2.05, 4.69) is 118 Å². The number of carbonyl (C=O) groups excluding carboxylic acids is 3. The van der Waals surface area contributed by atoms with Gasteiger partial charge in [-0.2, -0.15) is 0 Å². The fraction of sp³-hybridized carbons (Fsp3) is 0.721. The van der Waals surface area contributed by atoms with Crippen molar-refractivity contribution in [1.82, 2.24) is 0 Å². The molecule has 6 nitrogen and oxygen atoms in total. The van der Waals surface area contributed by atoms with Gasteiger partial charge < -0.3 is 14.2 Å². The van der Waals surface area contributed by atoms with Crippen LogP contribution in [0.5, 0.6) is 0 Å². The van der Waals surface area contributed by atoms with E-state index in [1.807, 2.05) is 0 Å². The minimum Gasteiger partial charge on any atom is -0.462 e. The van der Waals surface area contributed by atoms with Gasteiger partial charge in [0.2, 0.25) is 0 Å². The van der Waals surface area contributed by atoms with E-state index in [0.29, 0.717) is 19.3 Å². The maximum absolute atomic E-state index is 12.9. The number of hydrogen-bond donors (Lipinski definition) is 0. The summed E-state index contributed by atoms with van der Waals surface area (Å²) >= 11 is 0. The van der Waals surface area contributed by atoms with Crippen LogP contribution in [0.2, 0.25) is 0 Å². The van der Waals surface area contributed by atoms with Crippen molar-refractivity contribution in [2.24, 2.45) is 0 Å². The summed E-state index contributed by atoms with van der Waals surface area (Å²) in [6, 6.07) is 0. The van der Waals surface area contributed by atoms with E-state index in [9.17, 15) is 14.4 Å². The second-order valence-electron chi connectivity index (χ2n) is 20.6. The maximum atomic E-state index is 12.9. The highest BCUT2D eigenvalue weighted by Gasteiger charge is 2.19. The fourth-order valence-corrected chi connectivity index (χ4v) is 8.65. The lowest BCUT2D eigenvalue weighted by Crippen LogP contribution is -2.30. The molecule has 0 aromatic rings. The van der Waals surface area contributed by atoms with Gasteiger partial charge in [0.1, 0.15) is 13.2 Å². The number of hydrogen-bond acceptors (Lipinski definition) is 6. The van der Waals surface area contributed by atoms with Crippen molar-refractivity contribution in [1.29, 1.82) is 0 Å². The summed E-state index contributed by atoms with van der Waals surface area (Å²) in [5.74, 6) is -0.898. The van der Waals surface area contributed by atoms with Crippen LogP contribution in [0.3, 0.4) is 0 Å². The maximum Gasteiger partial charge on any atom is 0.306 e. The van der Waals surface area contributed by atoms with Crippen LogP contribution < -0.4 is 0 Å². The lowest BCUT2D eigenvalue weighted by molar-refractivity contribution is -0.167. The molecule has 0 amide bonds. The molecule has 0 saturated carbocycles. The van der Waals surface area contributed by atoms with Crippen LogP contribution in [0.15, 0.2) is 97.2 Å². The molecule has 0 aliphatic heterocycles. The summed E-state index contributed by atoms with van der Waals surface area (Å²) < 4.78 is 16.9. The number of carbonyl (C=O) groups is 3. The normalized spacial score (nSPS) is 12.7. The first kappa shape index (κ1) is 70.3. The third-order valence-electron chi connectivity index (χ3n) is 13.3. The first-order valence-corrected chi connectivity index (χ1v) is 31.2. The zero-order chi connectivity index (χ0) is 53.6. The Kier molecular flexibility index (Phi) is 58.8. The predicted octanol–water partition coefficient (Wildman–Crippen LogP) is 21.3. The van der Waals surface area contributed by atoms with E-state index in [0.717, 1.165) is 122 Å². The van der Waals surface area contributed by atoms with Crippen molar-refractivity contribution >= 4 is 17.9 Å². The van der Waals surface area contributed by atoms with Gasteiger partial charge in [0.15, 0.2) is 6.10 Å². The molecule has 0 heterocycles. The van der Waals surface area contributed by atoms with Crippen LogP contribution >= 0.6 is 0 Å². The van der Waals surface area contributed by atoms with Crippen LogP contribution in [0, 0.1) is 0 Å². The van der Waals surface area contributed by atoms with Crippen LogP contribution in [-0.2, 0) is 28.6 Å². The van der Waals surface area contributed by atoms with Gasteiger partial charge in [-0.15, -0.1) is 0 Å². The van der Waals surface area contributed by atoms with E-state index < -0.39 is 6.10 Å². The summed E-state index contributed by atoms with van der Waals surface area (Å²) in [5, 5.41) is 0. The summed E-state index contributed by atoms with van der Waals surface area (Å²) in [6.45, 7) is 6.51. The topological polar surface area (TPSA) is 78.9 Å². The molecule has 1 atom stereocenters. The highest BCUT2D eigenvalue weighted by molar-refractivity contribution is 5.71. The Morgan fingerprint density at radius 3 is 0.838 bits per heavy atom. The number of unbranched alkanes of at least 4 members (excludes halogenated alkanes) is 29. The predicted molar refractivity (Wildman–Crippen MR) is 320 cm³/mol. The summed E-state index contributed by atoms with van der Waals surface area (Å²) in [5.41, 5.74) is 0. The molecule has 0 N–H and O–H groups in total. The molecule has 0 rings (SSSR count). The summed E-state index contributed by atoms with van der Waals surface area (Å²) in [7, 11) is 0. The van der Waals surface area contributed by atoms with Gasteiger partial charge >= 0.3 is 17.9 Å². The molecular weight excluding hydrogens is 913 g/mol. The minimum absolute atomic E-state index is 0.0835. The molecule has 6 heteroatoms. The van der Waals surface area contributed by atoms with Gasteiger partial charge in [-0.05, 0) is 103 Å². The third kappa shape index (κ3) is 59.2. The fourth-order valence-electron chi connectivity index (χ4n) is 8.65. The zero-order valence-corrected chi connectivity index (χ0v) is 48.6. The molecule has 74 heavy (non-hydrogen) atoms. The lowest BCUT2D eigenvalue weighted by Gasteiger charge is -2.18. The van der Waals surface area contributed by atoms with Crippen molar-refractivity contribution < 1.29 is 28.6 Å². The molecule has 0 aliphatic carbocycles. The van der Waals surface area contributed by atoms with E-state index in [4.69, 9.17) is 14.2 Å². The molecule has 0 fully saturated rings. The van der Waals surface area contributed by atoms with Crippen molar-refractivity contribution in [3.63, 3.8) is 0 Å². The van der Waals surface area contributed by atoms with Gasteiger partial charge in [0, 0.05) is 19.3 Å². The van der Waals surface area contributed by atoms with E-state index in [-0.39, 0.29) is 31.1 Å². The SMILES string of the molecule is CC/C=C\C/C=C\C/C=C\C/C=C\C/C=C\C/C=C\CCCCCCCCC(=O)OCC(COC(=O)CCCCCCCCCCCCCCC)OC(=O)CCCCCCCCC/C=C\C/C=C\CCCCCC. The van der Waals surface area contributed by atoms with Gasteiger partial charge in [0.05, 0.1) is 0 Å². The van der Waals surface area contributed by atoms with Crippen LogP contribution in [-0.4, -0.2) is 37.2 Å². The summed E-state index contributed by atoms with van der Waals surface area (Å²) in [4.78, 5) is 38.3. The second-order valence-corrected chi connectivity index (χ2v) is 20.6. The first-order valence-electron chi connectivity index (χ1n) is 31.2. The molecular formula is C68H116O6. The van der Waals surface area contributed by atoms with Gasteiger partial charge in [-0.1, -0.05) is 272 Å². The second kappa shape index (κ2) is 61.9. The highest BCUT2D eigenvalue weighted by Crippen LogP contribution is 2.16. The highest BCUT2D eigenvalue weighted by atomic mass is 16.6. The first-order chi connectivity index (χ1) is 36.5. The molecule has 0 aromatic heterocycles. The number of ether oxygens (including phenoxy) is 3. The van der Waals surface area contributed by atoms with Crippen LogP contribution in [0.1, 0.15) is 297 Å². The molecule has 0 aromatic carbocycles. The largest absolute Gasteiger partial charge is 0.462 e. The van der Waals surface area contributed by atoms with Crippen LogP contribution in [0.4, 0.5) is 0 Å². The van der Waals surface area contributed by atoms with Crippen molar-refractivity contribution in [2.75, 3.05) is 13.2 Å². The minimum atomic E-state index is -0.788. The van der Waals surface area contributed by atoms with Gasteiger partial charge in [0.25, 0.3) is 0 Å². The molecule has 0 bridgehead atoms. The Morgan fingerprint density at radius 1 is 0.284 bits per heavy atom. The Hall–Kier alpha value is -3.67. The Morgan fingerprint density at radius 2 is 0.527 bits per heavy atom. The van der Waals surface area contributed by atoms with Crippen molar-refractivity contribution in [3.8, 4) is 0 Å². The number of esters is 3. The van der Waals surface area contributed by atoms with Gasteiger partial charge in [-0.3, -0.25) is 14.4 Å². The standard InChI is InChI=1S/C68H116O6/c1-4-7-10-13-16-19-22-25-27-29-31-32-33-34-35-36-37-39-40-43-46-49-52-55-58-61-67(70)73-64-65(63-72-66(69)60-57-54-51-48-45-42-24-21-18-15-12-9-6-3)74-68(71)62-59-56-53-50-47-44-41-38-30-28-26-23-20-17-14-11-8-5-2/h7,10,16,19-20,23,25,27-28,30-32,34-35,37,39,65H,4-6,8-9,11-15,17-18,21-22,24,26,29,33,36,38,40-64H2,1-3H3/b10-7-,19-16-,23-20-,27-25-,30-28-,32-31-,35-34-,39-37-. The molecule has 1 unspecified atom stereocenters. The molecule has 0 spiro atoms.